The van der Waals surface area contributed by atoms with Gasteiger partial charge >= 0.3 is 12.1 Å². The van der Waals surface area contributed by atoms with Gasteiger partial charge in [0.1, 0.15) is 23.5 Å². The predicted octanol–water partition coefficient (Wildman–Crippen LogP) is 7.57. The second-order valence-electron chi connectivity index (χ2n) is 11.8. The maximum atomic E-state index is 12.6. The molecule has 43 heavy (non-hydrogen) atoms. The number of carbonyl (C=O) groups is 2. The second kappa shape index (κ2) is 12.2. The van der Waals surface area contributed by atoms with E-state index in [0.717, 1.165) is 45.1 Å². The lowest BCUT2D eigenvalue weighted by Gasteiger charge is -2.31. The van der Waals surface area contributed by atoms with Crippen molar-refractivity contribution >= 4 is 23.4 Å². The quantitative estimate of drug-likeness (QED) is 0.203. The van der Waals surface area contributed by atoms with Crippen LogP contribution >= 0.6 is 11.3 Å². The van der Waals surface area contributed by atoms with Gasteiger partial charge < -0.3 is 19.1 Å². The fourth-order valence-corrected chi connectivity index (χ4v) is 6.36. The molecule has 1 aliphatic heterocycles. The van der Waals surface area contributed by atoms with Crippen molar-refractivity contribution in [2.24, 2.45) is 0 Å². The Bertz CT molecular complexity index is 1660. The Morgan fingerprint density at radius 2 is 1.84 bits per heavy atom. The van der Waals surface area contributed by atoms with Crippen molar-refractivity contribution in [3.8, 4) is 21.9 Å². The molecule has 1 amide bonds. The molecule has 0 saturated carbocycles. The third-order valence-electron chi connectivity index (χ3n) is 7.59. The molecule has 0 saturated heterocycles. The molecule has 4 aromatic rings. The van der Waals surface area contributed by atoms with E-state index in [1.54, 1.807) is 34.0 Å². The molecule has 3 heterocycles. The normalized spacial score (nSPS) is 13.0. The minimum Gasteiger partial charge on any atom is -0.489 e. The number of fused-ring (bicyclic) bond motifs is 1. The highest BCUT2D eigenvalue weighted by Gasteiger charge is 2.26. The van der Waals surface area contributed by atoms with E-state index in [0.29, 0.717) is 31.9 Å². The average molecular weight is 602 g/mol. The summed E-state index contributed by atoms with van der Waals surface area (Å²) in [7, 11) is 0. The minimum absolute atomic E-state index is 0.277. The number of nitrogens with zero attached hydrogens (tertiary/aromatic N) is 3. The highest BCUT2D eigenvalue weighted by molar-refractivity contribution is 7.15. The van der Waals surface area contributed by atoms with Crippen LogP contribution in [0.25, 0.3) is 16.1 Å². The number of thiophene rings is 1. The summed E-state index contributed by atoms with van der Waals surface area (Å²) in [4.78, 5) is 29.0. The Kier molecular flexibility index (Phi) is 8.64. The second-order valence-corrected chi connectivity index (χ2v) is 13.0. The van der Waals surface area contributed by atoms with Crippen molar-refractivity contribution in [2.45, 2.75) is 73.6 Å². The van der Waals surface area contributed by atoms with Crippen LogP contribution in [0.4, 0.5) is 4.79 Å². The van der Waals surface area contributed by atoms with Crippen molar-refractivity contribution in [2.75, 3.05) is 13.2 Å². The maximum Gasteiger partial charge on any atom is 0.410 e. The van der Waals surface area contributed by atoms with Crippen molar-refractivity contribution in [3.05, 3.63) is 87.0 Å². The number of amides is 1. The van der Waals surface area contributed by atoms with E-state index in [4.69, 9.17) is 14.2 Å². The zero-order chi connectivity index (χ0) is 30.9. The summed E-state index contributed by atoms with van der Waals surface area (Å²) >= 11 is 1.75. The first kappa shape index (κ1) is 30.4. The van der Waals surface area contributed by atoms with Gasteiger partial charge in [-0.15, -0.1) is 11.3 Å². The number of benzene rings is 2. The fourth-order valence-electron chi connectivity index (χ4n) is 5.20. The van der Waals surface area contributed by atoms with E-state index in [1.165, 1.54) is 16.0 Å². The molecule has 8 nitrogen and oxygen atoms in total. The molecule has 2 aromatic carbocycles. The molecule has 0 spiro atoms. The highest BCUT2D eigenvalue weighted by atomic mass is 32.1. The summed E-state index contributed by atoms with van der Waals surface area (Å²) in [6.45, 7) is 15.5. The van der Waals surface area contributed by atoms with E-state index in [1.807, 2.05) is 52.0 Å². The Labute approximate surface area is 257 Å². The Morgan fingerprint density at radius 3 is 2.58 bits per heavy atom. The van der Waals surface area contributed by atoms with Gasteiger partial charge in [-0.1, -0.05) is 18.2 Å². The Morgan fingerprint density at radius 1 is 1.05 bits per heavy atom. The third kappa shape index (κ3) is 6.62. The molecule has 226 valence electrons. The summed E-state index contributed by atoms with van der Waals surface area (Å²) in [5.74, 6) is 0.444. The van der Waals surface area contributed by atoms with Crippen LogP contribution in [-0.2, 0) is 29.0 Å². The molecule has 2 aromatic heterocycles. The Balaban J connectivity index is 1.34. The number of hydrogen-bond donors (Lipinski definition) is 0. The van der Waals surface area contributed by atoms with Gasteiger partial charge in [0.2, 0.25) is 0 Å². The standard InChI is InChI=1S/C34H39N3O5S/c1-8-40-32(38)29-18-35-37(22(29)3)27-11-9-10-25(16-27)31-30(21(2)23(4)43-31)20-41-28-13-12-26-19-36(15-14-24(26)17-28)33(39)42-34(5,6)7/h9-13,16-18H,8,14-15,19-20H2,1-7H3. The number of hydrogen-bond acceptors (Lipinski definition) is 7. The van der Waals surface area contributed by atoms with Crippen molar-refractivity contribution in [3.63, 3.8) is 0 Å². The molecular weight excluding hydrogens is 562 g/mol. The van der Waals surface area contributed by atoms with E-state index in [2.05, 4.69) is 37.1 Å². The first-order valence-electron chi connectivity index (χ1n) is 14.6. The fraction of sp³-hybridized carbons (Fsp3) is 0.382. The van der Waals surface area contributed by atoms with E-state index < -0.39 is 5.60 Å². The lowest BCUT2D eigenvalue weighted by molar-refractivity contribution is 0.0223. The zero-order valence-electron chi connectivity index (χ0n) is 25.9. The van der Waals surface area contributed by atoms with Crippen LogP contribution in [0.3, 0.4) is 0 Å². The monoisotopic (exact) mass is 601 g/mol. The number of rotatable bonds is 7. The number of aromatic nitrogens is 2. The van der Waals surface area contributed by atoms with Crippen molar-refractivity contribution < 1.29 is 23.8 Å². The van der Waals surface area contributed by atoms with Gasteiger partial charge in [-0.25, -0.2) is 14.3 Å². The topological polar surface area (TPSA) is 82.9 Å². The number of aryl methyl sites for hydroxylation is 1. The predicted molar refractivity (Wildman–Crippen MR) is 168 cm³/mol. The highest BCUT2D eigenvalue weighted by Crippen LogP contribution is 2.38. The van der Waals surface area contributed by atoms with Crippen LogP contribution < -0.4 is 4.74 Å². The number of ether oxygens (including phenoxy) is 3. The first-order valence-corrected chi connectivity index (χ1v) is 15.4. The molecule has 9 heteroatoms. The molecule has 0 radical (unpaired) electrons. The Hall–Kier alpha value is -4.11. The average Bonchev–Trinajstić information content (AvgIpc) is 3.49. The molecule has 0 unspecified atom stereocenters. The smallest absolute Gasteiger partial charge is 0.410 e. The van der Waals surface area contributed by atoms with Crippen LogP contribution in [0.15, 0.2) is 48.7 Å². The molecule has 1 aliphatic rings. The van der Waals surface area contributed by atoms with Crippen LogP contribution in [0, 0.1) is 20.8 Å². The van der Waals surface area contributed by atoms with Gasteiger partial charge in [-0.2, -0.15) is 5.10 Å². The van der Waals surface area contributed by atoms with Crippen LogP contribution in [0.2, 0.25) is 0 Å². The summed E-state index contributed by atoms with van der Waals surface area (Å²) in [5.41, 5.74) is 7.30. The maximum absolute atomic E-state index is 12.6. The van der Waals surface area contributed by atoms with Gasteiger partial charge in [0.25, 0.3) is 0 Å². The summed E-state index contributed by atoms with van der Waals surface area (Å²) in [5, 5.41) is 4.48. The minimum atomic E-state index is -0.515. The van der Waals surface area contributed by atoms with E-state index in [-0.39, 0.29) is 12.1 Å². The molecule has 0 atom stereocenters. The zero-order valence-corrected chi connectivity index (χ0v) is 26.8. The van der Waals surface area contributed by atoms with Gasteiger partial charge in [-0.05, 0) is 101 Å². The van der Waals surface area contributed by atoms with Crippen molar-refractivity contribution in [1.29, 1.82) is 0 Å². The SMILES string of the molecule is CCOC(=O)c1cnn(-c2cccc(-c3sc(C)c(C)c3COc3ccc4c(c3)CCN(C(=O)OC(C)(C)C)C4)c2)c1C. The van der Waals surface area contributed by atoms with Crippen molar-refractivity contribution in [1.82, 2.24) is 14.7 Å². The largest absolute Gasteiger partial charge is 0.489 e. The van der Waals surface area contributed by atoms with Crippen LogP contribution in [0.1, 0.15) is 70.9 Å². The molecule has 5 rings (SSSR count). The number of carbonyl (C=O) groups excluding carboxylic acids is 2. The van der Waals surface area contributed by atoms with Crippen LogP contribution in [0.5, 0.6) is 5.75 Å². The molecule has 0 bridgehead atoms. The van der Waals surface area contributed by atoms with E-state index in [9.17, 15) is 9.59 Å². The van der Waals surface area contributed by atoms with E-state index >= 15 is 0 Å². The van der Waals surface area contributed by atoms with Gasteiger partial charge in [0, 0.05) is 28.4 Å². The molecule has 0 aliphatic carbocycles. The molecule has 0 N–H and O–H groups in total. The first-order chi connectivity index (χ1) is 20.4. The lowest BCUT2D eigenvalue weighted by Crippen LogP contribution is -2.39. The van der Waals surface area contributed by atoms with Gasteiger partial charge in [-0.3, -0.25) is 0 Å². The molecule has 0 fully saturated rings. The van der Waals surface area contributed by atoms with Gasteiger partial charge in [0.05, 0.1) is 24.2 Å². The van der Waals surface area contributed by atoms with Crippen LogP contribution in [-0.4, -0.2) is 45.5 Å². The lowest BCUT2D eigenvalue weighted by atomic mass is 9.99. The molecular formula is C34H39N3O5S. The number of esters is 1. The third-order valence-corrected chi connectivity index (χ3v) is 8.89. The van der Waals surface area contributed by atoms with Gasteiger partial charge in [0.15, 0.2) is 0 Å². The summed E-state index contributed by atoms with van der Waals surface area (Å²) in [6, 6.07) is 14.3. The summed E-state index contributed by atoms with van der Waals surface area (Å²) in [6.07, 6.45) is 2.04. The summed E-state index contributed by atoms with van der Waals surface area (Å²) < 4.78 is 18.9.